The smallest absolute Gasteiger partial charge is 0.0728 e. The van der Waals surface area contributed by atoms with E-state index in [1.54, 1.807) is 0 Å². The van der Waals surface area contributed by atoms with E-state index in [-0.39, 0.29) is 5.60 Å². The van der Waals surface area contributed by atoms with E-state index in [9.17, 15) is 5.11 Å². The molecule has 98 valence electrons. The fourth-order valence-electron chi connectivity index (χ4n) is 4.88. The van der Waals surface area contributed by atoms with Crippen LogP contribution >= 0.6 is 0 Å². The van der Waals surface area contributed by atoms with Crippen LogP contribution in [0.3, 0.4) is 0 Å². The summed E-state index contributed by atoms with van der Waals surface area (Å²) < 4.78 is 0. The molecule has 1 saturated carbocycles. The van der Waals surface area contributed by atoms with Crippen molar-refractivity contribution < 1.29 is 5.11 Å². The predicted octanol–water partition coefficient (Wildman–Crippen LogP) is 2.52. The first-order chi connectivity index (χ1) is 8.08. The maximum atomic E-state index is 11.2. The molecule has 0 aromatic heterocycles. The van der Waals surface area contributed by atoms with Crippen molar-refractivity contribution in [1.29, 1.82) is 0 Å². The minimum atomic E-state index is -0.323. The number of fused-ring (bicyclic) bond motifs is 2. The van der Waals surface area contributed by atoms with Gasteiger partial charge in [0, 0.05) is 19.0 Å². The first-order valence-corrected chi connectivity index (χ1v) is 7.52. The normalized spacial score (nSPS) is 54.9. The zero-order valence-electron chi connectivity index (χ0n) is 11.4. The Bertz CT molecular complexity index is 283. The highest BCUT2D eigenvalue weighted by atomic mass is 16.3. The van der Waals surface area contributed by atoms with Crippen LogP contribution in [0.25, 0.3) is 0 Å². The number of hydrogen-bond acceptors (Lipinski definition) is 2. The topological polar surface area (TPSA) is 23.5 Å². The number of hydrogen-bond donors (Lipinski definition) is 1. The van der Waals surface area contributed by atoms with Crippen molar-refractivity contribution >= 4 is 0 Å². The zero-order chi connectivity index (χ0) is 12.0. The SMILES string of the molecule is CC1CC(C)CC(C2(O)CCN3CCC2C3)C1. The quantitative estimate of drug-likeness (QED) is 0.757. The summed E-state index contributed by atoms with van der Waals surface area (Å²) in [5.41, 5.74) is -0.323. The molecule has 2 nitrogen and oxygen atoms in total. The highest BCUT2D eigenvalue weighted by Crippen LogP contribution is 2.47. The summed E-state index contributed by atoms with van der Waals surface area (Å²) in [7, 11) is 0. The standard InChI is InChI=1S/C15H27NO/c1-11-7-12(2)9-14(8-11)15(17)4-6-16-5-3-13(15)10-16/h11-14,17H,3-10H2,1-2H3. The Balaban J connectivity index is 1.77. The fourth-order valence-corrected chi connectivity index (χ4v) is 4.88. The van der Waals surface area contributed by atoms with Gasteiger partial charge in [-0.25, -0.2) is 0 Å². The second kappa shape index (κ2) is 4.24. The molecule has 2 saturated heterocycles. The van der Waals surface area contributed by atoms with Crippen molar-refractivity contribution in [3.8, 4) is 0 Å². The van der Waals surface area contributed by atoms with Gasteiger partial charge >= 0.3 is 0 Å². The van der Waals surface area contributed by atoms with Crippen molar-refractivity contribution in [3.05, 3.63) is 0 Å². The molecule has 5 atom stereocenters. The summed E-state index contributed by atoms with van der Waals surface area (Å²) in [5, 5.41) is 11.2. The Morgan fingerprint density at radius 2 is 1.71 bits per heavy atom. The zero-order valence-corrected chi connectivity index (χ0v) is 11.4. The van der Waals surface area contributed by atoms with Crippen LogP contribution < -0.4 is 0 Å². The maximum absolute atomic E-state index is 11.2. The van der Waals surface area contributed by atoms with Crippen LogP contribution in [0.4, 0.5) is 0 Å². The summed E-state index contributed by atoms with van der Waals surface area (Å²) in [5.74, 6) is 2.77. The number of aliphatic hydroxyl groups is 1. The minimum absolute atomic E-state index is 0.323. The summed E-state index contributed by atoms with van der Waals surface area (Å²) in [6.07, 6.45) is 6.15. The molecule has 2 bridgehead atoms. The number of piperidine rings is 1. The maximum Gasteiger partial charge on any atom is 0.0728 e. The van der Waals surface area contributed by atoms with Crippen molar-refractivity contribution in [3.63, 3.8) is 0 Å². The fraction of sp³-hybridized carbons (Fsp3) is 1.00. The van der Waals surface area contributed by atoms with Crippen LogP contribution in [-0.2, 0) is 0 Å². The molecule has 0 aromatic carbocycles. The first-order valence-electron chi connectivity index (χ1n) is 7.52. The lowest BCUT2D eigenvalue weighted by Gasteiger charge is -2.48. The third-order valence-electron chi connectivity index (χ3n) is 5.69. The molecule has 3 rings (SSSR count). The van der Waals surface area contributed by atoms with Gasteiger partial charge in [0.2, 0.25) is 0 Å². The lowest BCUT2D eigenvalue weighted by Crippen LogP contribution is -2.53. The molecule has 3 fully saturated rings. The van der Waals surface area contributed by atoms with E-state index >= 15 is 0 Å². The highest BCUT2D eigenvalue weighted by molar-refractivity contribution is 5.02. The van der Waals surface area contributed by atoms with Gasteiger partial charge in [0.05, 0.1) is 5.60 Å². The van der Waals surface area contributed by atoms with E-state index in [1.807, 2.05) is 0 Å². The highest BCUT2D eigenvalue weighted by Gasteiger charge is 2.50. The molecule has 5 unspecified atom stereocenters. The van der Waals surface area contributed by atoms with Crippen LogP contribution in [0.5, 0.6) is 0 Å². The molecule has 2 aliphatic heterocycles. The molecule has 0 spiro atoms. The van der Waals surface area contributed by atoms with Crippen LogP contribution in [0.1, 0.15) is 46.0 Å². The Morgan fingerprint density at radius 1 is 1.00 bits per heavy atom. The van der Waals surface area contributed by atoms with Gasteiger partial charge in [-0.3, -0.25) is 0 Å². The van der Waals surface area contributed by atoms with E-state index in [4.69, 9.17) is 0 Å². The monoisotopic (exact) mass is 237 g/mol. The molecule has 2 heteroatoms. The number of rotatable bonds is 1. The second-order valence-electron chi connectivity index (χ2n) is 7.14. The molecule has 2 heterocycles. The Hall–Kier alpha value is -0.0800. The van der Waals surface area contributed by atoms with Gasteiger partial charge in [-0.05, 0) is 56.4 Å². The van der Waals surface area contributed by atoms with Gasteiger partial charge in [-0.15, -0.1) is 0 Å². The molecule has 3 aliphatic rings. The summed E-state index contributed by atoms with van der Waals surface area (Å²) >= 11 is 0. The van der Waals surface area contributed by atoms with Gasteiger partial charge < -0.3 is 10.0 Å². The van der Waals surface area contributed by atoms with E-state index in [1.165, 1.54) is 32.2 Å². The van der Waals surface area contributed by atoms with E-state index in [0.717, 1.165) is 31.3 Å². The largest absolute Gasteiger partial charge is 0.389 e. The third-order valence-corrected chi connectivity index (χ3v) is 5.69. The summed E-state index contributed by atoms with van der Waals surface area (Å²) in [4.78, 5) is 2.54. The van der Waals surface area contributed by atoms with Crippen LogP contribution in [0, 0.1) is 23.7 Å². The molecular formula is C15H27NO. The molecule has 17 heavy (non-hydrogen) atoms. The van der Waals surface area contributed by atoms with Crippen molar-refractivity contribution in [1.82, 2.24) is 4.90 Å². The van der Waals surface area contributed by atoms with Crippen molar-refractivity contribution in [2.45, 2.75) is 51.6 Å². The Labute approximate surface area is 105 Å². The first kappa shape index (κ1) is 12.0. The Morgan fingerprint density at radius 3 is 2.41 bits per heavy atom. The average Bonchev–Trinajstić information content (AvgIpc) is 2.68. The average molecular weight is 237 g/mol. The van der Waals surface area contributed by atoms with E-state index in [2.05, 4.69) is 18.7 Å². The molecule has 0 amide bonds. The van der Waals surface area contributed by atoms with E-state index in [0.29, 0.717) is 11.8 Å². The van der Waals surface area contributed by atoms with Crippen molar-refractivity contribution in [2.75, 3.05) is 19.6 Å². The summed E-state index contributed by atoms with van der Waals surface area (Å²) in [6, 6.07) is 0. The van der Waals surface area contributed by atoms with Crippen LogP contribution in [0.15, 0.2) is 0 Å². The van der Waals surface area contributed by atoms with Gasteiger partial charge in [0.25, 0.3) is 0 Å². The van der Waals surface area contributed by atoms with Crippen molar-refractivity contribution in [2.24, 2.45) is 23.7 Å². The van der Waals surface area contributed by atoms with Gasteiger partial charge in [-0.1, -0.05) is 13.8 Å². The van der Waals surface area contributed by atoms with Gasteiger partial charge in [-0.2, -0.15) is 0 Å². The minimum Gasteiger partial charge on any atom is -0.389 e. The van der Waals surface area contributed by atoms with Gasteiger partial charge in [0.15, 0.2) is 0 Å². The lowest BCUT2D eigenvalue weighted by atomic mass is 9.64. The molecule has 0 aromatic rings. The predicted molar refractivity (Wildman–Crippen MR) is 69.8 cm³/mol. The number of nitrogens with zero attached hydrogens (tertiary/aromatic N) is 1. The van der Waals surface area contributed by atoms with E-state index < -0.39 is 0 Å². The van der Waals surface area contributed by atoms with Crippen LogP contribution in [-0.4, -0.2) is 35.2 Å². The van der Waals surface area contributed by atoms with Gasteiger partial charge in [0.1, 0.15) is 0 Å². The van der Waals surface area contributed by atoms with Crippen LogP contribution in [0.2, 0.25) is 0 Å². The second-order valence-corrected chi connectivity index (χ2v) is 7.14. The molecule has 0 radical (unpaired) electrons. The Kier molecular flexibility index (Phi) is 2.99. The molecular weight excluding hydrogens is 210 g/mol. The molecule has 1 aliphatic carbocycles. The third kappa shape index (κ3) is 2.04. The summed E-state index contributed by atoms with van der Waals surface area (Å²) in [6.45, 7) is 8.26. The molecule has 1 N–H and O–H groups in total. The lowest BCUT2D eigenvalue weighted by molar-refractivity contribution is -0.110.